The summed E-state index contributed by atoms with van der Waals surface area (Å²) in [5, 5.41) is 4.19. The van der Waals surface area contributed by atoms with Crippen LogP contribution in [0.3, 0.4) is 0 Å². The van der Waals surface area contributed by atoms with Gasteiger partial charge in [0.25, 0.3) is 0 Å². The van der Waals surface area contributed by atoms with Crippen LogP contribution in [0.5, 0.6) is 0 Å². The van der Waals surface area contributed by atoms with Gasteiger partial charge in [-0.15, -0.1) is 0 Å². The predicted molar refractivity (Wildman–Crippen MR) is 115 cm³/mol. The molecule has 2 saturated heterocycles. The molecular formula is C23H23N3O2S. The van der Waals surface area contributed by atoms with Crippen molar-refractivity contribution in [3.63, 3.8) is 0 Å². The normalized spacial score (nSPS) is 24.1. The van der Waals surface area contributed by atoms with Gasteiger partial charge in [-0.1, -0.05) is 36.4 Å². The first-order valence-corrected chi connectivity index (χ1v) is 10.5. The van der Waals surface area contributed by atoms with E-state index in [-0.39, 0.29) is 18.2 Å². The minimum Gasteiger partial charge on any atom is -0.459 e. The van der Waals surface area contributed by atoms with Crippen molar-refractivity contribution < 1.29 is 9.15 Å². The molecule has 3 atom stereocenters. The van der Waals surface area contributed by atoms with Gasteiger partial charge in [-0.3, -0.25) is 4.98 Å². The lowest BCUT2D eigenvalue weighted by atomic mass is 10.0. The molecule has 148 valence electrons. The second-order valence-electron chi connectivity index (χ2n) is 7.48. The van der Waals surface area contributed by atoms with E-state index in [1.807, 2.05) is 48.7 Å². The Morgan fingerprint density at radius 1 is 1.07 bits per heavy atom. The summed E-state index contributed by atoms with van der Waals surface area (Å²) >= 11 is 5.72. The fourth-order valence-electron chi connectivity index (χ4n) is 4.19. The summed E-state index contributed by atoms with van der Waals surface area (Å²) in [6.07, 6.45) is 4.18. The first-order valence-electron chi connectivity index (χ1n) is 10.0. The van der Waals surface area contributed by atoms with Crippen molar-refractivity contribution in [2.45, 2.75) is 31.0 Å². The van der Waals surface area contributed by atoms with Crippen molar-refractivity contribution in [3.8, 4) is 11.3 Å². The highest BCUT2D eigenvalue weighted by atomic mass is 32.1. The lowest BCUT2D eigenvalue weighted by Crippen LogP contribution is -2.36. The molecular weight excluding hydrogens is 382 g/mol. The van der Waals surface area contributed by atoms with Crippen LogP contribution >= 0.6 is 12.2 Å². The number of rotatable bonds is 5. The minimum atomic E-state index is -0.0703. The Morgan fingerprint density at radius 2 is 1.93 bits per heavy atom. The average molecular weight is 406 g/mol. The zero-order chi connectivity index (χ0) is 19.6. The highest BCUT2D eigenvalue weighted by Gasteiger charge is 2.42. The van der Waals surface area contributed by atoms with E-state index >= 15 is 0 Å². The van der Waals surface area contributed by atoms with Crippen LogP contribution in [0, 0.1) is 0 Å². The topological polar surface area (TPSA) is 50.5 Å². The standard InChI is InChI=1S/C23H23N3O2S/c29-23-25-21(18-10-4-5-13-24-18)22(26(23)15-17-9-6-14-27-17)20-12-11-19(28-20)16-7-2-1-3-8-16/h1-5,7-8,10-13,17,21-22H,6,9,14-15H2,(H,25,29)/t17-,21-,22+/m1/s1. The largest absolute Gasteiger partial charge is 0.459 e. The van der Waals surface area contributed by atoms with Crippen molar-refractivity contribution in [3.05, 3.63) is 78.3 Å². The summed E-state index contributed by atoms with van der Waals surface area (Å²) in [7, 11) is 0. The molecule has 5 rings (SSSR count). The van der Waals surface area contributed by atoms with Gasteiger partial charge in [0.2, 0.25) is 0 Å². The van der Waals surface area contributed by atoms with E-state index in [1.165, 1.54) is 0 Å². The molecule has 0 bridgehead atoms. The number of ether oxygens (including phenoxy) is 1. The third-order valence-corrected chi connectivity index (χ3v) is 5.95. The van der Waals surface area contributed by atoms with Gasteiger partial charge in [0, 0.05) is 24.9 Å². The Balaban J connectivity index is 1.50. The highest BCUT2D eigenvalue weighted by Crippen LogP contribution is 2.40. The molecule has 2 aromatic heterocycles. The zero-order valence-electron chi connectivity index (χ0n) is 16.0. The van der Waals surface area contributed by atoms with E-state index in [9.17, 15) is 0 Å². The molecule has 0 aliphatic carbocycles. The Morgan fingerprint density at radius 3 is 2.69 bits per heavy atom. The summed E-state index contributed by atoms with van der Waals surface area (Å²) in [6.45, 7) is 1.58. The van der Waals surface area contributed by atoms with Gasteiger partial charge in [0.05, 0.1) is 17.8 Å². The van der Waals surface area contributed by atoms with Crippen molar-refractivity contribution in [2.75, 3.05) is 13.2 Å². The number of thiocarbonyl (C=S) groups is 1. The lowest BCUT2D eigenvalue weighted by Gasteiger charge is -2.28. The van der Waals surface area contributed by atoms with Crippen LogP contribution in [0.2, 0.25) is 0 Å². The van der Waals surface area contributed by atoms with Gasteiger partial charge < -0.3 is 19.4 Å². The predicted octanol–water partition coefficient (Wildman–Crippen LogP) is 4.49. The molecule has 0 spiro atoms. The molecule has 1 N–H and O–H groups in total. The average Bonchev–Trinajstić information content (AvgIpc) is 3.51. The van der Waals surface area contributed by atoms with Crippen LogP contribution in [0.1, 0.15) is 36.4 Å². The van der Waals surface area contributed by atoms with E-state index in [4.69, 9.17) is 21.4 Å². The molecule has 6 heteroatoms. The van der Waals surface area contributed by atoms with Gasteiger partial charge in [0.15, 0.2) is 5.11 Å². The maximum atomic E-state index is 6.34. The second-order valence-corrected chi connectivity index (χ2v) is 7.87. The molecule has 29 heavy (non-hydrogen) atoms. The summed E-state index contributed by atoms with van der Waals surface area (Å²) in [5.74, 6) is 1.74. The molecule has 0 radical (unpaired) electrons. The third kappa shape index (κ3) is 3.66. The van der Waals surface area contributed by atoms with E-state index in [1.54, 1.807) is 0 Å². The fourth-order valence-corrected chi connectivity index (χ4v) is 4.50. The minimum absolute atomic E-state index is 0.0696. The van der Waals surface area contributed by atoms with E-state index < -0.39 is 0 Å². The molecule has 2 fully saturated rings. The summed E-state index contributed by atoms with van der Waals surface area (Å²) in [4.78, 5) is 6.79. The van der Waals surface area contributed by atoms with Crippen LogP contribution in [-0.4, -0.2) is 34.3 Å². The number of hydrogen-bond donors (Lipinski definition) is 1. The molecule has 4 heterocycles. The Labute approximate surface area is 175 Å². The van der Waals surface area contributed by atoms with Crippen molar-refractivity contribution >= 4 is 17.3 Å². The molecule has 2 aliphatic heterocycles. The number of nitrogens with zero attached hydrogens (tertiary/aromatic N) is 2. The van der Waals surface area contributed by atoms with E-state index in [0.29, 0.717) is 0 Å². The molecule has 1 aromatic carbocycles. The van der Waals surface area contributed by atoms with Gasteiger partial charge in [0.1, 0.15) is 17.6 Å². The third-order valence-electron chi connectivity index (χ3n) is 5.60. The number of nitrogens with one attached hydrogen (secondary N) is 1. The maximum Gasteiger partial charge on any atom is 0.170 e. The zero-order valence-corrected chi connectivity index (χ0v) is 16.8. The number of hydrogen-bond acceptors (Lipinski definition) is 4. The van der Waals surface area contributed by atoms with Gasteiger partial charge in [-0.2, -0.15) is 0 Å². The Kier molecular flexibility index (Phi) is 5.04. The van der Waals surface area contributed by atoms with Crippen LogP contribution in [-0.2, 0) is 4.74 Å². The molecule has 0 unspecified atom stereocenters. The Hall–Kier alpha value is -2.70. The lowest BCUT2D eigenvalue weighted by molar-refractivity contribution is 0.0818. The van der Waals surface area contributed by atoms with E-state index in [0.717, 1.165) is 53.9 Å². The smallest absolute Gasteiger partial charge is 0.170 e. The van der Waals surface area contributed by atoms with Gasteiger partial charge in [-0.05, 0) is 49.3 Å². The quantitative estimate of drug-likeness (QED) is 0.631. The van der Waals surface area contributed by atoms with Crippen LogP contribution in [0.4, 0.5) is 0 Å². The number of pyridine rings is 1. The second kappa shape index (κ2) is 7.97. The monoisotopic (exact) mass is 405 g/mol. The Bertz CT molecular complexity index is 970. The highest BCUT2D eigenvalue weighted by molar-refractivity contribution is 7.80. The first-order chi connectivity index (χ1) is 14.3. The molecule has 0 amide bonds. The van der Waals surface area contributed by atoms with Gasteiger partial charge in [-0.25, -0.2) is 0 Å². The van der Waals surface area contributed by atoms with Gasteiger partial charge >= 0.3 is 0 Å². The maximum absolute atomic E-state index is 6.34. The van der Waals surface area contributed by atoms with Crippen molar-refractivity contribution in [1.82, 2.24) is 15.2 Å². The number of aromatic nitrogens is 1. The summed E-state index contributed by atoms with van der Waals surface area (Å²) < 4.78 is 12.2. The number of benzene rings is 1. The molecule has 3 aromatic rings. The number of furan rings is 1. The fraction of sp³-hybridized carbons (Fsp3) is 0.304. The molecule has 2 aliphatic rings. The summed E-state index contributed by atoms with van der Waals surface area (Å²) in [6, 6.07) is 20.1. The van der Waals surface area contributed by atoms with Crippen LogP contribution in [0.25, 0.3) is 11.3 Å². The van der Waals surface area contributed by atoms with Crippen LogP contribution in [0.15, 0.2) is 71.3 Å². The van der Waals surface area contributed by atoms with Crippen molar-refractivity contribution in [1.29, 1.82) is 0 Å². The molecule has 0 saturated carbocycles. The van der Waals surface area contributed by atoms with Crippen LogP contribution < -0.4 is 5.32 Å². The summed E-state index contributed by atoms with van der Waals surface area (Å²) in [5.41, 5.74) is 2.01. The first kappa shape index (κ1) is 18.3. The van der Waals surface area contributed by atoms with E-state index in [2.05, 4.69) is 33.4 Å². The SMILES string of the molecule is S=C1N[C@H](c2ccccn2)[C@H](c2ccc(-c3ccccc3)o2)N1C[C@H]1CCCO1. The van der Waals surface area contributed by atoms with Crippen molar-refractivity contribution in [2.24, 2.45) is 0 Å². The molecule has 5 nitrogen and oxygen atoms in total.